The maximum absolute atomic E-state index is 14.2. The summed E-state index contributed by atoms with van der Waals surface area (Å²) in [4.78, 5) is 0. The quantitative estimate of drug-likeness (QED) is 0.159. The molecule has 0 bridgehead atoms. The van der Waals surface area contributed by atoms with E-state index < -0.39 is 55.8 Å². The number of benzene rings is 2. The molecule has 0 unspecified atom stereocenters. The monoisotopic (exact) mass is 744 g/mol. The number of rotatable bonds is 12. The van der Waals surface area contributed by atoms with Crippen LogP contribution in [0.15, 0.2) is 90.6 Å². The Bertz CT molecular complexity index is 1250. The summed E-state index contributed by atoms with van der Waals surface area (Å²) in [6.07, 6.45) is 3.71. The molecule has 4 rings (SSSR count). The van der Waals surface area contributed by atoms with Crippen molar-refractivity contribution in [3.8, 4) is 11.5 Å². The van der Waals surface area contributed by atoms with E-state index in [-0.39, 0.29) is 0 Å². The number of unbranched alkanes of at least 4 members (excludes halogenated alkanes) is 2. The van der Waals surface area contributed by atoms with Gasteiger partial charge in [-0.15, -0.1) is 0 Å². The molecule has 0 amide bonds. The molecule has 0 saturated carbocycles. The molecular weight excluding hydrogens is 709 g/mol. The number of alkyl halides is 6. The topological polar surface area (TPSA) is 18.5 Å². The van der Waals surface area contributed by atoms with Crippen LogP contribution in [-0.4, -0.2) is 0 Å². The van der Waals surface area contributed by atoms with E-state index in [9.17, 15) is 26.3 Å². The third-order valence-corrected chi connectivity index (χ3v) is 20.5. The van der Waals surface area contributed by atoms with Gasteiger partial charge in [-0.3, -0.25) is 0 Å². The molecule has 41 heavy (non-hydrogen) atoms. The number of hydrogen-bond donors (Lipinski definition) is 0. The van der Waals surface area contributed by atoms with Crippen molar-refractivity contribution in [1.82, 2.24) is 0 Å². The zero-order chi connectivity index (χ0) is 29.7. The van der Waals surface area contributed by atoms with Crippen molar-refractivity contribution in [3.63, 3.8) is 0 Å². The van der Waals surface area contributed by atoms with Crippen molar-refractivity contribution in [2.24, 2.45) is 0 Å². The Labute approximate surface area is 243 Å². The first kappa shape index (κ1) is 31.4. The molecule has 2 nitrogen and oxygen atoms in total. The van der Waals surface area contributed by atoms with Gasteiger partial charge in [-0.05, 0) is 0 Å². The molecule has 9 heteroatoms. The molecule has 2 aliphatic rings. The Morgan fingerprint density at radius 2 is 1.02 bits per heavy atom. The normalized spacial score (nSPS) is 15.8. The van der Waals surface area contributed by atoms with Crippen molar-refractivity contribution >= 4 is 0 Å². The first-order valence-electron chi connectivity index (χ1n) is 14.0. The summed E-state index contributed by atoms with van der Waals surface area (Å²) in [6, 6.07) is 9.84. The Kier molecular flexibility index (Phi) is 10.1. The Morgan fingerprint density at radius 3 is 1.39 bits per heavy atom. The first-order valence-corrected chi connectivity index (χ1v) is 20.5. The van der Waals surface area contributed by atoms with Gasteiger partial charge < -0.3 is 0 Å². The molecule has 0 heterocycles. The molecule has 2 aliphatic carbocycles. The van der Waals surface area contributed by atoms with Crippen LogP contribution >= 0.6 is 0 Å². The first-order chi connectivity index (χ1) is 19.5. The van der Waals surface area contributed by atoms with Gasteiger partial charge in [0, 0.05) is 0 Å². The minimum absolute atomic E-state index is 0.369. The van der Waals surface area contributed by atoms with Gasteiger partial charge in [0.2, 0.25) is 0 Å². The summed E-state index contributed by atoms with van der Waals surface area (Å²) in [7, 11) is 0. The van der Waals surface area contributed by atoms with Crippen LogP contribution in [0.25, 0.3) is 0 Å². The van der Waals surface area contributed by atoms with Crippen LogP contribution in [0.1, 0.15) is 76.3 Å². The van der Waals surface area contributed by atoms with Gasteiger partial charge in [0.05, 0.1) is 0 Å². The van der Waals surface area contributed by atoms with E-state index >= 15 is 0 Å². The summed E-state index contributed by atoms with van der Waals surface area (Å²) >= 11 is -5.53. The molecule has 0 N–H and O–H groups in total. The summed E-state index contributed by atoms with van der Waals surface area (Å²) in [5.74, 6) is -0.815. The van der Waals surface area contributed by atoms with Crippen LogP contribution < -0.4 is 5.71 Å². The van der Waals surface area contributed by atoms with Gasteiger partial charge in [-0.25, -0.2) is 0 Å². The maximum atomic E-state index is 14.2. The van der Waals surface area contributed by atoms with Crippen molar-refractivity contribution in [3.05, 3.63) is 102 Å². The number of para-hydroxylation sites is 2. The van der Waals surface area contributed by atoms with Gasteiger partial charge in [0.15, 0.2) is 0 Å². The van der Waals surface area contributed by atoms with E-state index in [0.717, 1.165) is 55.6 Å². The van der Waals surface area contributed by atoms with Gasteiger partial charge in [0.1, 0.15) is 0 Å². The fourth-order valence-corrected chi connectivity index (χ4v) is 19.4. The average molecular weight is 743 g/mol. The molecule has 220 valence electrons. The van der Waals surface area contributed by atoms with Crippen molar-refractivity contribution in [2.45, 2.75) is 77.6 Å². The van der Waals surface area contributed by atoms with Crippen molar-refractivity contribution < 1.29 is 52.9 Å². The summed E-state index contributed by atoms with van der Waals surface area (Å²) in [5, 5.41) is 0. The fourth-order valence-electron chi connectivity index (χ4n) is 5.33. The van der Waals surface area contributed by atoms with E-state index in [1.807, 2.05) is 38.2 Å². The Balaban J connectivity index is 2.03. The van der Waals surface area contributed by atoms with Crippen LogP contribution in [0.2, 0.25) is 0 Å². The number of hydrogen-bond acceptors (Lipinski definition) is 2. The van der Waals surface area contributed by atoms with Crippen LogP contribution in [-0.2, 0) is 33.2 Å². The van der Waals surface area contributed by atoms with E-state index in [1.165, 1.54) is 36.4 Å². The van der Waals surface area contributed by atoms with Gasteiger partial charge in [0.25, 0.3) is 0 Å². The molecule has 0 saturated heterocycles. The SMILES string of the molecule is CCCCC1=[C]([Hf]([O]c2ccccc2C(F)(F)F)([O]c2ccccc2C(F)(F)F)[C]2=C(CCCC)C=CC2)CC=C1. The summed E-state index contributed by atoms with van der Waals surface area (Å²) in [5.41, 5.74) is -0.144. The predicted octanol–water partition coefficient (Wildman–Crippen LogP) is 11.0. The Hall–Kier alpha value is -2.55. The zero-order valence-electron chi connectivity index (χ0n) is 23.2. The number of allylic oxidation sites excluding steroid dienone is 8. The zero-order valence-corrected chi connectivity index (χ0v) is 26.8. The third-order valence-electron chi connectivity index (χ3n) is 7.34. The Morgan fingerprint density at radius 1 is 0.634 bits per heavy atom. The van der Waals surface area contributed by atoms with Crippen molar-refractivity contribution in [2.75, 3.05) is 0 Å². The molecular formula is C32H34F6HfO2. The van der Waals surface area contributed by atoms with E-state index in [1.54, 1.807) is 0 Å². The minimum atomic E-state index is -5.53. The van der Waals surface area contributed by atoms with Crippen LogP contribution in [0, 0.1) is 0 Å². The standard InChI is InChI=1S/2C9H13.2C7H5F3O.Hf/c2*1-2-3-6-9-7-4-5-8-9;2*8-7(9,10)5-3-1-2-4-6(5)11;/h2*4,7H,2-3,5-6H2,1H3;2*1-4,11H;/q;;;;+2/p-2. The van der Waals surface area contributed by atoms with Crippen LogP contribution in [0.5, 0.6) is 11.5 Å². The fraction of sp³-hybridized carbons (Fsp3) is 0.375. The average Bonchev–Trinajstić information content (AvgIpc) is 3.60. The predicted molar refractivity (Wildman–Crippen MR) is 145 cm³/mol. The molecule has 0 spiro atoms. The van der Waals surface area contributed by atoms with Gasteiger partial charge in [-0.1, -0.05) is 0 Å². The number of halogens is 6. The molecule has 2 aromatic carbocycles. The molecule has 2 aromatic rings. The van der Waals surface area contributed by atoms with E-state index in [0.29, 0.717) is 25.7 Å². The third kappa shape index (κ3) is 7.09. The summed E-state index contributed by atoms with van der Waals surface area (Å²) < 4.78 is 100. The van der Waals surface area contributed by atoms with Crippen LogP contribution in [0.4, 0.5) is 26.3 Å². The van der Waals surface area contributed by atoms with Gasteiger partial charge in [-0.2, -0.15) is 0 Å². The second kappa shape index (κ2) is 13.2. The van der Waals surface area contributed by atoms with E-state index in [4.69, 9.17) is 5.71 Å². The molecule has 0 fully saturated rings. The summed E-state index contributed by atoms with van der Waals surface area (Å²) in [6.45, 7) is 4.07. The molecule has 0 atom stereocenters. The van der Waals surface area contributed by atoms with Gasteiger partial charge >= 0.3 is 244 Å². The van der Waals surface area contributed by atoms with Crippen LogP contribution in [0.3, 0.4) is 0 Å². The van der Waals surface area contributed by atoms with E-state index in [2.05, 4.69) is 0 Å². The van der Waals surface area contributed by atoms with Crippen molar-refractivity contribution in [1.29, 1.82) is 0 Å². The second-order valence-corrected chi connectivity index (χ2v) is 20.5. The second-order valence-electron chi connectivity index (χ2n) is 10.2. The molecule has 0 aliphatic heterocycles. The molecule has 0 radical (unpaired) electrons. The molecule has 0 aromatic heterocycles.